The molecule has 2 atom stereocenters. The number of likely N-dealkylation sites (N-methyl/N-ethyl adjacent to an activating group) is 1. The summed E-state index contributed by atoms with van der Waals surface area (Å²) in [6.07, 6.45) is 115. The van der Waals surface area contributed by atoms with Gasteiger partial charge in [0, 0.05) is 12.8 Å². The summed E-state index contributed by atoms with van der Waals surface area (Å²) in [5.41, 5.74) is 0. The fraction of sp³-hybridized carbons (Fsp3) is 0.605. The lowest BCUT2D eigenvalue weighted by Gasteiger charge is -2.28. The lowest BCUT2D eigenvalue weighted by atomic mass is 10.0. The highest BCUT2D eigenvalue weighted by atomic mass is 31.2. The predicted octanol–water partition coefficient (Wildman–Crippen LogP) is 25.0. The lowest BCUT2D eigenvalue weighted by Crippen LogP contribution is -2.37. The van der Waals surface area contributed by atoms with Gasteiger partial charge in [0.15, 0.2) is 6.10 Å². The minimum absolute atomic E-state index is 0.0451. The molecule has 0 spiro atoms. The van der Waals surface area contributed by atoms with Crippen LogP contribution in [0.3, 0.4) is 0 Å². The van der Waals surface area contributed by atoms with E-state index >= 15 is 0 Å². The molecule has 0 bridgehead atoms. The Morgan fingerprint density at radius 3 is 0.833 bits per heavy atom. The van der Waals surface area contributed by atoms with Gasteiger partial charge in [0.2, 0.25) is 0 Å². The molecule has 0 fully saturated rings. The predicted molar refractivity (Wildman–Crippen MR) is 415 cm³/mol. The molecule has 0 saturated carbocycles. The Morgan fingerprint density at radius 2 is 0.562 bits per heavy atom. The zero-order valence-electron chi connectivity index (χ0n) is 61.7. The average Bonchev–Trinajstić information content (AvgIpc) is 2.74. The number of hydrogen-bond acceptors (Lipinski definition) is 8. The summed E-state index contributed by atoms with van der Waals surface area (Å²) in [7, 11) is 1.13. The maximum atomic E-state index is 12.9. The molecule has 0 aliphatic carbocycles. The first kappa shape index (κ1) is 90.8. The number of carbonyl (C=O) groups excluding carboxylic acids is 2. The zero-order chi connectivity index (χ0) is 69.7. The molecular formula is C86H140NO8P. The van der Waals surface area contributed by atoms with Gasteiger partial charge in [-0.15, -0.1) is 0 Å². The van der Waals surface area contributed by atoms with E-state index in [9.17, 15) is 19.0 Å². The van der Waals surface area contributed by atoms with Crippen LogP contribution in [0.25, 0.3) is 0 Å². The molecule has 0 aromatic heterocycles. The Labute approximate surface area is 590 Å². The van der Waals surface area contributed by atoms with Gasteiger partial charge in [-0.05, 0) is 141 Å². The van der Waals surface area contributed by atoms with Crippen LogP contribution in [-0.2, 0) is 32.7 Å². The van der Waals surface area contributed by atoms with E-state index in [1.807, 2.05) is 21.1 Å². The number of carbonyl (C=O) groups is 2. The molecule has 9 nitrogen and oxygen atoms in total. The van der Waals surface area contributed by atoms with Gasteiger partial charge in [0.1, 0.15) is 19.8 Å². The highest BCUT2D eigenvalue weighted by Crippen LogP contribution is 2.38. The number of allylic oxidation sites excluding steroid dienone is 32. The van der Waals surface area contributed by atoms with Crippen molar-refractivity contribution in [1.29, 1.82) is 0 Å². The number of ether oxygens (including phenoxy) is 2. The summed E-state index contributed by atoms with van der Waals surface area (Å²) in [5, 5.41) is 0. The number of nitrogens with zero attached hydrogens (tertiary/aromatic N) is 1. The van der Waals surface area contributed by atoms with Gasteiger partial charge < -0.3 is 27.9 Å². The van der Waals surface area contributed by atoms with Crippen LogP contribution in [-0.4, -0.2) is 70.0 Å². The summed E-state index contributed by atoms with van der Waals surface area (Å²) in [6, 6.07) is 0. The van der Waals surface area contributed by atoms with E-state index in [0.717, 1.165) is 148 Å². The molecule has 0 N–H and O–H groups in total. The molecule has 10 heteroatoms. The van der Waals surface area contributed by atoms with Crippen molar-refractivity contribution in [2.45, 2.75) is 290 Å². The van der Waals surface area contributed by atoms with E-state index in [0.29, 0.717) is 17.4 Å². The summed E-state index contributed by atoms with van der Waals surface area (Å²) in [5.74, 6) is -0.869. The third kappa shape index (κ3) is 77.9. The number of unbranched alkanes of at least 4 members (excludes halogenated alkanes) is 22. The molecule has 0 radical (unpaired) electrons. The summed E-state index contributed by atoms with van der Waals surface area (Å²) in [6.45, 7) is 3.98. The second-order valence-electron chi connectivity index (χ2n) is 25.9. The summed E-state index contributed by atoms with van der Waals surface area (Å²) >= 11 is 0. The summed E-state index contributed by atoms with van der Waals surface area (Å²) in [4.78, 5) is 38.1. The monoisotopic (exact) mass is 1350 g/mol. The van der Waals surface area contributed by atoms with Gasteiger partial charge in [-0.2, -0.15) is 0 Å². The Kier molecular flexibility index (Phi) is 70.1. The van der Waals surface area contributed by atoms with Crippen molar-refractivity contribution in [1.82, 2.24) is 0 Å². The number of esters is 2. The van der Waals surface area contributed by atoms with Crippen molar-refractivity contribution < 1.29 is 42.1 Å². The van der Waals surface area contributed by atoms with E-state index < -0.39 is 32.5 Å². The van der Waals surface area contributed by atoms with Crippen molar-refractivity contribution in [2.24, 2.45) is 0 Å². The van der Waals surface area contributed by atoms with Gasteiger partial charge in [0.25, 0.3) is 7.82 Å². The van der Waals surface area contributed by atoms with Gasteiger partial charge >= 0.3 is 11.9 Å². The largest absolute Gasteiger partial charge is 0.756 e. The van der Waals surface area contributed by atoms with Crippen LogP contribution in [0, 0.1) is 0 Å². The number of phosphoric ester groups is 1. The van der Waals surface area contributed by atoms with Crippen molar-refractivity contribution in [3.8, 4) is 0 Å². The van der Waals surface area contributed by atoms with Crippen LogP contribution >= 0.6 is 7.82 Å². The van der Waals surface area contributed by atoms with E-state index in [1.54, 1.807) is 0 Å². The first-order valence-electron chi connectivity index (χ1n) is 38.1. The van der Waals surface area contributed by atoms with Crippen molar-refractivity contribution in [3.63, 3.8) is 0 Å². The molecule has 0 heterocycles. The van der Waals surface area contributed by atoms with E-state index in [4.69, 9.17) is 18.5 Å². The van der Waals surface area contributed by atoms with Gasteiger partial charge in [0.05, 0.1) is 27.7 Å². The summed E-state index contributed by atoms with van der Waals surface area (Å²) < 4.78 is 34.3. The molecule has 542 valence electrons. The Hall–Kier alpha value is -5.15. The Balaban J connectivity index is 4.11. The topological polar surface area (TPSA) is 111 Å². The van der Waals surface area contributed by atoms with Gasteiger partial charge in [-0.3, -0.25) is 14.2 Å². The van der Waals surface area contributed by atoms with E-state index in [-0.39, 0.29) is 26.1 Å². The standard InChI is InChI=1S/C86H140NO8P/c1-6-8-10-12-14-16-18-20-22-24-26-28-30-32-34-36-38-40-42-43-45-46-48-50-52-54-56-58-60-62-64-66-68-70-72-74-76-78-85(88)92-82-84(83-94-96(90,91)93-81-80-87(3,4)5)95-86(89)79-77-75-73-71-69-67-65-63-61-59-57-55-53-51-49-47-44-41-39-37-35-33-31-29-27-25-23-21-19-17-15-13-11-9-7-2/h8-11,14-17,20-23,26-29,32-35,38-41,47,49,53,55,59,61,65,67,84H,6-7,12-13,18-19,24-25,30-31,36-37,42-46,48,50-52,54,56-58,60,62-64,66,68-83H2,1-5H3/b10-8-,11-9-,16-14-,17-15-,22-20-,23-21-,28-26-,29-27-,34-32-,35-33-,40-38-,41-39-,49-47-,55-53-,61-59-,67-65-. The molecule has 0 saturated heterocycles. The SMILES string of the molecule is CC/C=C\C/C=C\C/C=C\C/C=C\C/C=C\C/C=C\C/C=C\C/C=C\C/C=C\C/C=C\CCCCCCC(=O)OC(COC(=O)CCCCCCCCCCCCCCCCCCCC/C=C\C/C=C\C/C=C\C/C=C\C/C=C\C/C=C\CC)COP(=O)([O-])OCC[N+](C)(C)C. The molecule has 0 amide bonds. The van der Waals surface area contributed by atoms with Crippen LogP contribution in [0.4, 0.5) is 0 Å². The van der Waals surface area contributed by atoms with Crippen molar-refractivity contribution >= 4 is 19.8 Å². The van der Waals surface area contributed by atoms with Crippen LogP contribution in [0.15, 0.2) is 194 Å². The maximum absolute atomic E-state index is 12.9. The minimum Gasteiger partial charge on any atom is -0.756 e. The molecule has 0 aromatic carbocycles. The molecule has 2 unspecified atom stereocenters. The molecule has 96 heavy (non-hydrogen) atoms. The second-order valence-corrected chi connectivity index (χ2v) is 27.3. The van der Waals surface area contributed by atoms with Gasteiger partial charge in [-0.25, -0.2) is 0 Å². The second kappa shape index (κ2) is 74.1. The third-order valence-electron chi connectivity index (χ3n) is 15.6. The number of hydrogen-bond donors (Lipinski definition) is 0. The highest BCUT2D eigenvalue weighted by Gasteiger charge is 2.22. The van der Waals surface area contributed by atoms with Crippen LogP contribution in [0.2, 0.25) is 0 Å². The first-order valence-corrected chi connectivity index (χ1v) is 39.6. The molecule has 0 aliphatic rings. The lowest BCUT2D eigenvalue weighted by molar-refractivity contribution is -0.870. The van der Waals surface area contributed by atoms with Crippen molar-refractivity contribution in [3.05, 3.63) is 194 Å². The fourth-order valence-electron chi connectivity index (χ4n) is 9.87. The number of phosphoric acid groups is 1. The normalized spacial score (nSPS) is 14.2. The quantitative estimate of drug-likeness (QED) is 0.0195. The smallest absolute Gasteiger partial charge is 0.306 e. The Bertz CT molecular complexity index is 2330. The fourth-order valence-corrected chi connectivity index (χ4v) is 10.6. The van der Waals surface area contributed by atoms with Gasteiger partial charge in [-0.1, -0.05) is 324 Å². The number of quaternary nitrogens is 1. The van der Waals surface area contributed by atoms with E-state index in [2.05, 4.69) is 208 Å². The molecule has 0 rings (SSSR count). The maximum Gasteiger partial charge on any atom is 0.306 e. The van der Waals surface area contributed by atoms with Crippen LogP contribution in [0.1, 0.15) is 284 Å². The molecule has 0 aliphatic heterocycles. The Morgan fingerprint density at radius 1 is 0.323 bits per heavy atom. The minimum atomic E-state index is -4.67. The van der Waals surface area contributed by atoms with E-state index in [1.165, 1.54) is 103 Å². The van der Waals surface area contributed by atoms with Crippen molar-refractivity contribution in [2.75, 3.05) is 47.5 Å². The average molecular weight is 1350 g/mol. The third-order valence-corrected chi connectivity index (χ3v) is 16.6. The number of rotatable bonds is 68. The molecular weight excluding hydrogens is 1210 g/mol. The highest BCUT2D eigenvalue weighted by molar-refractivity contribution is 7.45. The zero-order valence-corrected chi connectivity index (χ0v) is 62.6. The van der Waals surface area contributed by atoms with Crippen LogP contribution in [0.5, 0.6) is 0 Å². The van der Waals surface area contributed by atoms with Crippen LogP contribution < -0.4 is 4.89 Å². The molecule has 0 aromatic rings. The first-order chi connectivity index (χ1) is 47.0.